The Morgan fingerprint density at radius 1 is 0.931 bits per heavy atom. The third-order valence-corrected chi connectivity index (χ3v) is 5.84. The molecule has 1 unspecified atom stereocenters. The molecule has 0 aliphatic carbocycles. The fourth-order valence-corrected chi connectivity index (χ4v) is 4.43. The van der Waals surface area contributed by atoms with E-state index in [4.69, 9.17) is 4.74 Å². The zero-order valence-electron chi connectivity index (χ0n) is 16.3. The molecule has 1 N–H and O–H groups in total. The molecule has 1 fully saturated rings. The third-order valence-electron chi connectivity index (χ3n) is 5.84. The zero-order chi connectivity index (χ0) is 20.1. The van der Waals surface area contributed by atoms with E-state index in [1.807, 2.05) is 78.9 Å². The molecular weight excluding hydrogens is 362 g/mol. The summed E-state index contributed by atoms with van der Waals surface area (Å²) in [6.45, 7) is 0.572. The number of hydrogen-bond acceptors (Lipinski definition) is 3. The fraction of sp³-hybridized carbons (Fsp3) is 0.240. The Morgan fingerprint density at radius 3 is 2.14 bits per heavy atom. The number of hydrogen-bond donors (Lipinski definition) is 1. The first-order chi connectivity index (χ1) is 14.3. The summed E-state index contributed by atoms with van der Waals surface area (Å²) < 4.78 is 5.65. The van der Waals surface area contributed by atoms with Crippen LogP contribution in [0.3, 0.4) is 0 Å². The molecule has 0 bridgehead atoms. The van der Waals surface area contributed by atoms with Crippen molar-refractivity contribution in [1.82, 2.24) is 4.90 Å². The first-order valence-electron chi connectivity index (χ1n) is 9.95. The molecule has 1 aliphatic heterocycles. The summed E-state index contributed by atoms with van der Waals surface area (Å²) >= 11 is 0. The van der Waals surface area contributed by atoms with Gasteiger partial charge >= 0.3 is 6.09 Å². The van der Waals surface area contributed by atoms with Crippen LogP contribution in [0.4, 0.5) is 4.79 Å². The second-order valence-electron chi connectivity index (χ2n) is 7.39. The van der Waals surface area contributed by atoms with Crippen LogP contribution < -0.4 is 0 Å². The van der Waals surface area contributed by atoms with E-state index in [-0.39, 0.29) is 19.1 Å². The molecule has 4 nitrogen and oxygen atoms in total. The number of ether oxygens (including phenoxy) is 1. The molecule has 3 aromatic carbocycles. The molecule has 3 aromatic rings. The van der Waals surface area contributed by atoms with Gasteiger partial charge in [0, 0.05) is 12.5 Å². The van der Waals surface area contributed by atoms with E-state index in [0.717, 1.165) is 23.1 Å². The second-order valence-corrected chi connectivity index (χ2v) is 7.39. The number of carbonyl (C=O) groups is 1. The van der Waals surface area contributed by atoms with Crippen LogP contribution in [0.5, 0.6) is 0 Å². The minimum absolute atomic E-state index is 0.0135. The number of amides is 1. The minimum atomic E-state index is -0.851. The van der Waals surface area contributed by atoms with Gasteiger partial charge in [0.1, 0.15) is 12.1 Å². The predicted octanol–water partition coefficient (Wildman–Crippen LogP) is 4.70. The van der Waals surface area contributed by atoms with Crippen molar-refractivity contribution in [1.29, 1.82) is 0 Å². The molecule has 0 radical (unpaired) electrons. The van der Waals surface area contributed by atoms with Crippen LogP contribution in [0.15, 0.2) is 91.0 Å². The van der Waals surface area contributed by atoms with E-state index in [0.29, 0.717) is 6.54 Å². The van der Waals surface area contributed by atoms with Crippen LogP contribution in [0.2, 0.25) is 0 Å². The lowest BCUT2D eigenvalue weighted by Gasteiger charge is -2.41. The normalized spacial score (nSPS) is 21.1. The van der Waals surface area contributed by atoms with E-state index in [1.54, 1.807) is 4.90 Å². The number of rotatable bonds is 5. The molecule has 1 saturated heterocycles. The quantitative estimate of drug-likeness (QED) is 0.690. The lowest BCUT2D eigenvalue weighted by Crippen LogP contribution is -2.50. The van der Waals surface area contributed by atoms with Gasteiger partial charge in [-0.25, -0.2) is 4.79 Å². The van der Waals surface area contributed by atoms with E-state index in [1.165, 1.54) is 0 Å². The molecular formula is C25H25NO3. The Kier molecular flexibility index (Phi) is 5.63. The first kappa shape index (κ1) is 19.2. The summed E-state index contributed by atoms with van der Waals surface area (Å²) in [6.07, 6.45) is 0.366. The van der Waals surface area contributed by atoms with Crippen LogP contribution >= 0.6 is 0 Å². The largest absolute Gasteiger partial charge is 0.445 e. The van der Waals surface area contributed by atoms with Crippen molar-refractivity contribution in [3.05, 3.63) is 108 Å². The Balaban J connectivity index is 1.68. The van der Waals surface area contributed by atoms with Crippen LogP contribution in [0.1, 0.15) is 29.0 Å². The van der Waals surface area contributed by atoms with Crippen molar-refractivity contribution in [3.63, 3.8) is 0 Å². The van der Waals surface area contributed by atoms with Gasteiger partial charge in [-0.15, -0.1) is 0 Å². The molecule has 4 heteroatoms. The zero-order valence-corrected chi connectivity index (χ0v) is 16.3. The van der Waals surface area contributed by atoms with Crippen LogP contribution in [0, 0.1) is 0 Å². The molecule has 148 valence electrons. The van der Waals surface area contributed by atoms with Gasteiger partial charge in [0.15, 0.2) is 0 Å². The standard InChI is InChI=1S/C25H25NO3/c27-19-25(22-14-8-3-9-15-22)23(21-12-6-2-7-13-21)16-17-26(25)24(28)29-18-20-10-4-1-5-11-20/h1-15,23,27H,16-19H2/t23?,25-/m0/s1. The minimum Gasteiger partial charge on any atom is -0.445 e. The summed E-state index contributed by atoms with van der Waals surface area (Å²) in [4.78, 5) is 14.8. The van der Waals surface area contributed by atoms with Gasteiger partial charge in [0.05, 0.1) is 6.61 Å². The lowest BCUT2D eigenvalue weighted by atomic mass is 9.75. The molecule has 1 amide bonds. The monoisotopic (exact) mass is 387 g/mol. The molecule has 29 heavy (non-hydrogen) atoms. The van der Waals surface area contributed by atoms with Crippen molar-refractivity contribution < 1.29 is 14.6 Å². The highest BCUT2D eigenvalue weighted by atomic mass is 16.6. The van der Waals surface area contributed by atoms with Crippen molar-refractivity contribution in [2.75, 3.05) is 13.2 Å². The molecule has 0 saturated carbocycles. The number of carbonyl (C=O) groups excluding carboxylic acids is 1. The number of aliphatic hydroxyl groups excluding tert-OH is 1. The summed E-state index contributed by atoms with van der Waals surface area (Å²) in [7, 11) is 0. The maximum Gasteiger partial charge on any atom is 0.410 e. The average molecular weight is 387 g/mol. The number of aliphatic hydroxyl groups is 1. The maximum absolute atomic E-state index is 13.1. The molecule has 0 spiro atoms. The summed E-state index contributed by atoms with van der Waals surface area (Å²) in [5.41, 5.74) is 2.12. The van der Waals surface area contributed by atoms with Crippen molar-refractivity contribution >= 4 is 6.09 Å². The van der Waals surface area contributed by atoms with Gasteiger partial charge in [-0.3, -0.25) is 4.90 Å². The van der Waals surface area contributed by atoms with Gasteiger partial charge in [-0.2, -0.15) is 0 Å². The van der Waals surface area contributed by atoms with Crippen LogP contribution in [-0.4, -0.2) is 29.3 Å². The van der Waals surface area contributed by atoms with E-state index < -0.39 is 11.6 Å². The van der Waals surface area contributed by atoms with E-state index in [2.05, 4.69) is 12.1 Å². The Labute approximate surface area is 171 Å². The SMILES string of the molecule is O=C(OCc1ccccc1)N1CCC(c2ccccc2)[C@]1(CO)c1ccccc1. The highest BCUT2D eigenvalue weighted by Gasteiger charge is 2.53. The Morgan fingerprint density at radius 2 is 1.52 bits per heavy atom. The smallest absolute Gasteiger partial charge is 0.410 e. The van der Waals surface area contributed by atoms with Crippen molar-refractivity contribution in [2.45, 2.75) is 24.5 Å². The van der Waals surface area contributed by atoms with Crippen LogP contribution in [0.25, 0.3) is 0 Å². The van der Waals surface area contributed by atoms with E-state index >= 15 is 0 Å². The first-order valence-corrected chi connectivity index (χ1v) is 9.95. The average Bonchev–Trinajstić information content (AvgIpc) is 3.20. The highest BCUT2D eigenvalue weighted by molar-refractivity contribution is 5.70. The van der Waals surface area contributed by atoms with Crippen LogP contribution in [-0.2, 0) is 16.9 Å². The van der Waals surface area contributed by atoms with Gasteiger partial charge in [0.25, 0.3) is 0 Å². The highest BCUT2D eigenvalue weighted by Crippen LogP contribution is 2.49. The van der Waals surface area contributed by atoms with E-state index in [9.17, 15) is 9.90 Å². The second kappa shape index (κ2) is 8.50. The summed E-state index contributed by atoms with van der Waals surface area (Å²) in [5, 5.41) is 10.7. The third kappa shape index (κ3) is 3.64. The maximum atomic E-state index is 13.1. The number of nitrogens with zero attached hydrogens (tertiary/aromatic N) is 1. The van der Waals surface area contributed by atoms with Gasteiger partial charge < -0.3 is 9.84 Å². The van der Waals surface area contributed by atoms with Gasteiger partial charge in [-0.1, -0.05) is 91.0 Å². The molecule has 4 rings (SSSR count). The number of likely N-dealkylation sites (tertiary alicyclic amines) is 1. The summed E-state index contributed by atoms with van der Waals surface area (Å²) in [5.74, 6) is -0.0135. The molecule has 0 aromatic heterocycles. The molecule has 2 atom stereocenters. The predicted molar refractivity (Wildman–Crippen MR) is 112 cm³/mol. The van der Waals surface area contributed by atoms with Gasteiger partial charge in [0.2, 0.25) is 0 Å². The fourth-order valence-electron chi connectivity index (χ4n) is 4.43. The van der Waals surface area contributed by atoms with Crippen molar-refractivity contribution in [3.8, 4) is 0 Å². The number of benzene rings is 3. The van der Waals surface area contributed by atoms with Crippen molar-refractivity contribution in [2.24, 2.45) is 0 Å². The van der Waals surface area contributed by atoms with Gasteiger partial charge in [-0.05, 0) is 23.1 Å². The Hall–Kier alpha value is -3.11. The lowest BCUT2D eigenvalue weighted by molar-refractivity contribution is 0.0285. The molecule has 1 aliphatic rings. The summed E-state index contributed by atoms with van der Waals surface area (Å²) in [6, 6.07) is 29.5. The topological polar surface area (TPSA) is 49.8 Å². The Bertz CT molecular complexity index is 930. The molecule has 1 heterocycles.